The molecule has 0 radical (unpaired) electrons. The minimum absolute atomic E-state index is 0.0984. The van der Waals surface area contributed by atoms with Crippen molar-refractivity contribution in [3.8, 4) is 12.3 Å². The molecule has 3 amide bonds. The number of halogens is 3. The first-order valence-corrected chi connectivity index (χ1v) is 9.61. The molecule has 10 heteroatoms. The van der Waals surface area contributed by atoms with Crippen LogP contribution in [-0.2, 0) is 11.0 Å². The van der Waals surface area contributed by atoms with Gasteiger partial charge in [0.1, 0.15) is 17.7 Å². The minimum atomic E-state index is -4.48. The SMILES string of the molecule is C#CCN1C(=O)NC2(C1=O)C1CCC2CN(c2cc(C(F)(F)F)cc3cncn23)C1. The van der Waals surface area contributed by atoms with Crippen LogP contribution in [0.2, 0.25) is 0 Å². The maximum Gasteiger partial charge on any atom is 0.416 e. The number of nitrogens with zero attached hydrogens (tertiary/aromatic N) is 4. The number of nitrogens with one attached hydrogen (secondary N) is 1. The molecule has 2 unspecified atom stereocenters. The Morgan fingerprint density at radius 2 is 1.93 bits per heavy atom. The maximum atomic E-state index is 13.4. The Morgan fingerprint density at radius 3 is 2.57 bits per heavy atom. The van der Waals surface area contributed by atoms with Gasteiger partial charge in [-0.05, 0) is 25.0 Å². The molecule has 5 rings (SSSR count). The van der Waals surface area contributed by atoms with Crippen molar-refractivity contribution in [2.75, 3.05) is 24.5 Å². The number of anilines is 1. The number of amides is 3. The lowest BCUT2D eigenvalue weighted by Gasteiger charge is -2.44. The number of hydrogen-bond acceptors (Lipinski definition) is 4. The van der Waals surface area contributed by atoms with Gasteiger partial charge in [-0.25, -0.2) is 9.78 Å². The van der Waals surface area contributed by atoms with Crippen LogP contribution in [0.1, 0.15) is 18.4 Å². The fourth-order valence-electron chi connectivity index (χ4n) is 5.28. The van der Waals surface area contributed by atoms with Crippen LogP contribution in [-0.4, -0.2) is 51.4 Å². The van der Waals surface area contributed by atoms with Crippen molar-refractivity contribution >= 4 is 23.3 Å². The highest BCUT2D eigenvalue weighted by atomic mass is 19.4. The summed E-state index contributed by atoms with van der Waals surface area (Å²) in [5.41, 5.74) is -1.43. The summed E-state index contributed by atoms with van der Waals surface area (Å²) in [6.07, 6.45) is 5.07. The van der Waals surface area contributed by atoms with Crippen LogP contribution in [0.3, 0.4) is 0 Å². The number of carbonyl (C=O) groups excluding carboxylic acids is 2. The van der Waals surface area contributed by atoms with Gasteiger partial charge >= 0.3 is 12.2 Å². The molecule has 2 aromatic heterocycles. The standard InChI is InChI=1S/C20H18F3N5O2/c1-2-5-27-17(29)19(25-18(27)30)12-3-4-13(19)10-26(9-12)16-7-14(20(21,22)23)6-15-8-24-11-28(15)16/h1,6-8,11-13H,3-5,9-10H2,(H,25,30). The van der Waals surface area contributed by atoms with Gasteiger partial charge in [0, 0.05) is 24.9 Å². The lowest BCUT2D eigenvalue weighted by Crippen LogP contribution is -2.63. The van der Waals surface area contributed by atoms with Gasteiger partial charge in [-0.3, -0.25) is 14.1 Å². The zero-order chi connectivity index (χ0) is 21.3. The molecule has 1 aliphatic carbocycles. The zero-order valence-electron chi connectivity index (χ0n) is 15.8. The highest BCUT2D eigenvalue weighted by Gasteiger charge is 2.65. The molecular formula is C20H18F3N5O2. The molecule has 2 aromatic rings. The van der Waals surface area contributed by atoms with Crippen molar-refractivity contribution in [1.29, 1.82) is 0 Å². The van der Waals surface area contributed by atoms with Crippen LogP contribution >= 0.6 is 0 Å². The number of fused-ring (bicyclic) bond motifs is 1. The topological polar surface area (TPSA) is 70.0 Å². The predicted octanol–water partition coefficient (Wildman–Crippen LogP) is 2.12. The fraction of sp³-hybridized carbons (Fsp3) is 0.450. The number of terminal acetylenes is 1. The monoisotopic (exact) mass is 417 g/mol. The molecule has 2 saturated heterocycles. The van der Waals surface area contributed by atoms with Gasteiger partial charge in [-0.1, -0.05) is 5.92 Å². The Balaban J connectivity index is 1.52. The van der Waals surface area contributed by atoms with E-state index in [0.29, 0.717) is 37.3 Å². The normalized spacial score (nSPS) is 28.5. The third kappa shape index (κ3) is 2.44. The summed E-state index contributed by atoms with van der Waals surface area (Å²) in [5, 5.41) is 2.87. The van der Waals surface area contributed by atoms with E-state index in [2.05, 4.69) is 16.2 Å². The van der Waals surface area contributed by atoms with Crippen molar-refractivity contribution < 1.29 is 22.8 Å². The molecule has 1 spiro atoms. The third-order valence-electron chi connectivity index (χ3n) is 6.59. The summed E-state index contributed by atoms with van der Waals surface area (Å²) in [7, 11) is 0. The molecule has 4 heterocycles. The summed E-state index contributed by atoms with van der Waals surface area (Å²) >= 11 is 0. The number of alkyl halides is 3. The van der Waals surface area contributed by atoms with E-state index in [9.17, 15) is 22.8 Å². The molecule has 156 valence electrons. The number of piperidine rings is 1. The predicted molar refractivity (Wildman–Crippen MR) is 100 cm³/mol. The largest absolute Gasteiger partial charge is 0.416 e. The van der Waals surface area contributed by atoms with E-state index in [0.717, 1.165) is 17.0 Å². The van der Waals surface area contributed by atoms with E-state index < -0.39 is 23.3 Å². The Labute approximate surface area is 169 Å². The van der Waals surface area contributed by atoms with Crippen LogP contribution in [0, 0.1) is 24.2 Å². The summed E-state index contributed by atoms with van der Waals surface area (Å²) in [6.45, 7) is 0.598. The summed E-state index contributed by atoms with van der Waals surface area (Å²) in [5.74, 6) is 1.95. The summed E-state index contributed by atoms with van der Waals surface area (Å²) in [4.78, 5) is 32.4. The Morgan fingerprint density at radius 1 is 1.23 bits per heavy atom. The Kier molecular flexibility index (Phi) is 3.84. The molecule has 30 heavy (non-hydrogen) atoms. The van der Waals surface area contributed by atoms with Gasteiger partial charge < -0.3 is 10.2 Å². The van der Waals surface area contributed by atoms with Gasteiger partial charge in [0.2, 0.25) is 0 Å². The molecule has 0 aromatic carbocycles. The number of carbonyl (C=O) groups is 2. The quantitative estimate of drug-likeness (QED) is 0.601. The number of rotatable bonds is 2. The Hall–Kier alpha value is -3.22. The second-order valence-electron chi connectivity index (χ2n) is 8.06. The van der Waals surface area contributed by atoms with Gasteiger partial charge in [-0.2, -0.15) is 13.2 Å². The number of hydrogen-bond donors (Lipinski definition) is 1. The van der Waals surface area contributed by atoms with Gasteiger partial charge in [0.25, 0.3) is 5.91 Å². The van der Waals surface area contributed by atoms with E-state index in [1.54, 1.807) is 4.40 Å². The first-order chi connectivity index (χ1) is 14.3. The maximum absolute atomic E-state index is 13.4. The minimum Gasteiger partial charge on any atom is -0.357 e. The number of pyridine rings is 1. The van der Waals surface area contributed by atoms with E-state index in [1.165, 1.54) is 12.5 Å². The number of imidazole rings is 1. The smallest absolute Gasteiger partial charge is 0.357 e. The van der Waals surface area contributed by atoms with E-state index in [-0.39, 0.29) is 24.3 Å². The van der Waals surface area contributed by atoms with Crippen molar-refractivity contribution in [3.63, 3.8) is 0 Å². The van der Waals surface area contributed by atoms with E-state index in [4.69, 9.17) is 6.42 Å². The first-order valence-electron chi connectivity index (χ1n) is 9.61. The first kappa shape index (κ1) is 18.8. The van der Waals surface area contributed by atoms with Crippen LogP contribution in [0.5, 0.6) is 0 Å². The van der Waals surface area contributed by atoms with Crippen LogP contribution in [0.15, 0.2) is 24.7 Å². The molecule has 3 aliphatic rings. The van der Waals surface area contributed by atoms with Crippen LogP contribution < -0.4 is 10.2 Å². The second-order valence-corrected chi connectivity index (χ2v) is 8.06. The number of imide groups is 1. The van der Waals surface area contributed by atoms with Crippen LogP contribution in [0.4, 0.5) is 23.8 Å². The van der Waals surface area contributed by atoms with Crippen LogP contribution in [0.25, 0.3) is 5.52 Å². The van der Waals surface area contributed by atoms with Crippen molar-refractivity contribution in [3.05, 3.63) is 30.2 Å². The molecule has 2 aliphatic heterocycles. The summed E-state index contributed by atoms with van der Waals surface area (Å²) in [6, 6.07) is 1.68. The van der Waals surface area contributed by atoms with Gasteiger partial charge in [-0.15, -0.1) is 6.42 Å². The second kappa shape index (κ2) is 6.14. The fourth-order valence-corrected chi connectivity index (χ4v) is 5.28. The zero-order valence-corrected chi connectivity index (χ0v) is 15.8. The van der Waals surface area contributed by atoms with Crippen molar-refractivity contribution in [2.24, 2.45) is 11.8 Å². The molecule has 2 atom stereocenters. The highest BCUT2D eigenvalue weighted by Crippen LogP contribution is 2.49. The molecule has 1 N–H and O–H groups in total. The lowest BCUT2D eigenvalue weighted by molar-refractivity contribution is -0.137. The average molecular weight is 417 g/mol. The molecule has 7 nitrogen and oxygen atoms in total. The molecule has 1 saturated carbocycles. The Bertz CT molecular complexity index is 1090. The van der Waals surface area contributed by atoms with Gasteiger partial charge in [0.05, 0.1) is 23.8 Å². The average Bonchev–Trinajstić information content (AvgIpc) is 3.30. The highest BCUT2D eigenvalue weighted by molar-refractivity contribution is 6.08. The lowest BCUT2D eigenvalue weighted by atomic mass is 9.76. The van der Waals surface area contributed by atoms with E-state index >= 15 is 0 Å². The third-order valence-corrected chi connectivity index (χ3v) is 6.59. The van der Waals surface area contributed by atoms with Gasteiger partial charge in [0.15, 0.2) is 0 Å². The number of urea groups is 1. The number of aromatic nitrogens is 2. The summed E-state index contributed by atoms with van der Waals surface area (Å²) < 4.78 is 41.9. The molecule has 2 bridgehead atoms. The molecule has 3 fully saturated rings. The van der Waals surface area contributed by atoms with E-state index in [1.807, 2.05) is 4.90 Å². The van der Waals surface area contributed by atoms with Crippen molar-refractivity contribution in [1.82, 2.24) is 19.6 Å². The van der Waals surface area contributed by atoms with Crippen molar-refractivity contribution in [2.45, 2.75) is 24.6 Å². The molecular weight excluding hydrogens is 399 g/mol.